The van der Waals surface area contributed by atoms with E-state index in [4.69, 9.17) is 33.9 Å². The molecule has 1 N–H and O–H groups in total. The lowest BCUT2D eigenvalue weighted by atomic mass is 9.71. The Morgan fingerprint density at radius 1 is 0.875 bits per heavy atom. The zero-order valence-electron chi connectivity index (χ0n) is 46.7. The van der Waals surface area contributed by atoms with Crippen LogP contribution in [-0.4, -0.2) is 168 Å². The third-order valence-electron chi connectivity index (χ3n) is 18.4. The quantitative estimate of drug-likeness (QED) is 0.0802. The second kappa shape index (κ2) is 20.4. The number of carbonyl (C=O) groups is 4. The topological polar surface area (TPSA) is 175 Å². The van der Waals surface area contributed by atoms with Crippen LogP contribution in [0.3, 0.4) is 0 Å². The van der Waals surface area contributed by atoms with Crippen molar-refractivity contribution < 1.29 is 42.5 Å². The van der Waals surface area contributed by atoms with Gasteiger partial charge in [-0.15, -0.1) is 0 Å². The first-order chi connectivity index (χ1) is 38.5. The highest BCUT2D eigenvalue weighted by Gasteiger charge is 2.50. The molecule has 422 valence electrons. The van der Waals surface area contributed by atoms with Gasteiger partial charge in [0.05, 0.1) is 24.1 Å². The normalized spacial score (nSPS) is 23.6. The Morgan fingerprint density at radius 2 is 1.65 bits per heavy atom. The van der Waals surface area contributed by atoms with Gasteiger partial charge >= 0.3 is 12.1 Å². The van der Waals surface area contributed by atoms with Crippen LogP contribution in [0.1, 0.15) is 101 Å². The van der Waals surface area contributed by atoms with Crippen LogP contribution < -0.4 is 24.6 Å². The Balaban J connectivity index is 0.662. The van der Waals surface area contributed by atoms with Gasteiger partial charge in [0.25, 0.3) is 5.91 Å². The van der Waals surface area contributed by atoms with Crippen molar-refractivity contribution in [1.29, 1.82) is 0 Å². The Hall–Kier alpha value is -6.70. The van der Waals surface area contributed by atoms with E-state index in [9.17, 15) is 19.2 Å². The molecular weight excluding hydrogens is 1020 g/mol. The minimum absolute atomic E-state index is 0.0375. The first-order valence-electron chi connectivity index (χ1n) is 28.9. The van der Waals surface area contributed by atoms with Gasteiger partial charge in [0.15, 0.2) is 12.6 Å². The highest BCUT2D eigenvalue weighted by Crippen LogP contribution is 2.49. The number of methoxy groups -OCH3 is 1. The van der Waals surface area contributed by atoms with Crippen LogP contribution >= 0.6 is 0 Å². The number of hydrogen-bond donors (Lipinski definition) is 1. The highest BCUT2D eigenvalue weighted by molar-refractivity contribution is 6.06. The van der Waals surface area contributed by atoms with Gasteiger partial charge in [0.1, 0.15) is 34.4 Å². The summed E-state index contributed by atoms with van der Waals surface area (Å²) in [5.41, 5.74) is 4.38. The molecule has 3 aromatic carbocycles. The Morgan fingerprint density at radius 3 is 2.36 bits per heavy atom. The fraction of sp³-hybridized carbons (Fsp3) is 0.557. The number of piperidine rings is 2. The van der Waals surface area contributed by atoms with E-state index in [0.717, 1.165) is 112 Å². The summed E-state index contributed by atoms with van der Waals surface area (Å²) in [5, 5.41) is 4.69. The van der Waals surface area contributed by atoms with Crippen LogP contribution in [0.2, 0.25) is 0 Å². The van der Waals surface area contributed by atoms with Crippen LogP contribution in [0, 0.1) is 22.6 Å². The second-order valence-corrected chi connectivity index (χ2v) is 25.3. The molecule has 1 aliphatic carbocycles. The number of nitrogens with one attached hydrogen (secondary N) is 1. The third kappa shape index (κ3) is 9.94. The SMILES string of the molecule is CCc1cccc2cc(OCOC)cc(-c3ncc4c(N5CC6CCC(C5)N6C(=O)OC(C)(C)C)nc(OCC5(CN6CCC7(CC6)CN(CC6CN(c8ccc9c(c8)CN(C8CCC(=O)NC8=O)C9=O)C6)C7)CC5)nc4c3F)c12. The van der Waals surface area contributed by atoms with Gasteiger partial charge in [0, 0.05) is 107 Å². The molecule has 1 saturated carbocycles. The first kappa shape index (κ1) is 52.7. The lowest BCUT2D eigenvalue weighted by molar-refractivity contribution is -0.136. The maximum atomic E-state index is 17.7. The number of halogens is 1. The number of ether oxygens (including phenoxy) is 4. The van der Waals surface area contributed by atoms with Crippen molar-refractivity contribution in [2.75, 3.05) is 95.8 Å². The number of carbonyl (C=O) groups excluding carboxylic acids is 4. The molecule has 3 unspecified atom stereocenters. The van der Waals surface area contributed by atoms with Crippen molar-refractivity contribution in [3.8, 4) is 23.0 Å². The Bertz CT molecular complexity index is 3280. The molecule has 4 amide bonds. The summed E-state index contributed by atoms with van der Waals surface area (Å²) < 4.78 is 41.4. The molecule has 13 rings (SSSR count). The number of anilines is 2. The van der Waals surface area contributed by atoms with Crippen LogP contribution in [0.15, 0.2) is 54.7 Å². The van der Waals surface area contributed by atoms with E-state index < -0.39 is 17.5 Å². The van der Waals surface area contributed by atoms with E-state index in [0.29, 0.717) is 72.1 Å². The predicted molar refractivity (Wildman–Crippen MR) is 299 cm³/mol. The number of pyridine rings is 1. The Kier molecular flexibility index (Phi) is 13.4. The monoisotopic (exact) mass is 1090 g/mol. The largest absolute Gasteiger partial charge is 0.468 e. The smallest absolute Gasteiger partial charge is 0.410 e. The van der Waals surface area contributed by atoms with Crippen LogP contribution in [0.4, 0.5) is 20.7 Å². The molecule has 2 bridgehead atoms. The van der Waals surface area contributed by atoms with Gasteiger partial charge < -0.3 is 43.4 Å². The summed E-state index contributed by atoms with van der Waals surface area (Å²) in [4.78, 5) is 79.2. The molecule has 18 nitrogen and oxygen atoms in total. The van der Waals surface area contributed by atoms with Gasteiger partial charge in [-0.3, -0.25) is 29.6 Å². The molecule has 3 atom stereocenters. The second-order valence-electron chi connectivity index (χ2n) is 25.3. The van der Waals surface area contributed by atoms with Gasteiger partial charge in [-0.1, -0.05) is 25.1 Å². The molecule has 7 aliphatic heterocycles. The molecule has 19 heteroatoms. The lowest BCUT2D eigenvalue weighted by Gasteiger charge is -2.56. The number of rotatable bonds is 15. The maximum Gasteiger partial charge on any atom is 0.410 e. The summed E-state index contributed by atoms with van der Waals surface area (Å²) >= 11 is 0. The zero-order valence-corrected chi connectivity index (χ0v) is 46.7. The highest BCUT2D eigenvalue weighted by atomic mass is 19.1. The first-order valence-corrected chi connectivity index (χ1v) is 28.9. The summed E-state index contributed by atoms with van der Waals surface area (Å²) in [7, 11) is 1.57. The van der Waals surface area contributed by atoms with Gasteiger partial charge in [0.2, 0.25) is 11.8 Å². The summed E-state index contributed by atoms with van der Waals surface area (Å²) in [6.07, 6.45) is 8.82. The number of imide groups is 1. The molecule has 80 heavy (non-hydrogen) atoms. The van der Waals surface area contributed by atoms with Crippen molar-refractivity contribution in [2.45, 2.75) is 116 Å². The molecule has 7 fully saturated rings. The average molecular weight is 1090 g/mol. The minimum atomic E-state index is -0.620. The third-order valence-corrected chi connectivity index (χ3v) is 18.4. The van der Waals surface area contributed by atoms with Crippen molar-refractivity contribution in [3.63, 3.8) is 0 Å². The lowest BCUT2D eigenvalue weighted by Crippen LogP contribution is -2.63. The fourth-order valence-corrected chi connectivity index (χ4v) is 14.1. The van der Waals surface area contributed by atoms with Crippen LogP contribution in [0.5, 0.6) is 11.8 Å². The standard InChI is InChI=1S/C61H73FN10O8/c1-6-38-8-7-9-39-23-44(79-36-77-5)24-46(50(38)39)52-51(62)53-47(25-63-52)54(70-30-42-10-11-43(31-70)72(42)58(76)80-59(2,3)4)66-57(65-53)78-35-61(16-17-61)34-67-20-18-60(19-21-67)32-68(33-60)26-37-27-69(28-37)41-12-13-45-40(22-41)29-71(56(45)75)48-14-15-49(73)64-55(48)74/h7-9,12-13,22-25,37,42-43,48H,6,10-11,14-21,26-36H2,1-5H3,(H,64,73,74). The number of nitrogens with zero attached hydrogens (tertiary/aromatic N) is 9. The van der Waals surface area contributed by atoms with Gasteiger partial charge in [-0.05, 0) is 143 Å². The van der Waals surface area contributed by atoms with Gasteiger partial charge in [-0.2, -0.15) is 9.97 Å². The molecule has 8 aliphatic rings. The number of aromatic nitrogens is 3. The molecule has 0 radical (unpaired) electrons. The maximum absolute atomic E-state index is 17.7. The van der Waals surface area contributed by atoms with E-state index >= 15 is 4.39 Å². The van der Waals surface area contributed by atoms with Crippen LogP contribution in [-0.2, 0) is 32.0 Å². The zero-order chi connectivity index (χ0) is 55.2. The molecule has 1 spiro atoms. The summed E-state index contributed by atoms with van der Waals surface area (Å²) in [6, 6.07) is 15.2. The molecule has 2 aromatic heterocycles. The van der Waals surface area contributed by atoms with E-state index in [1.165, 1.54) is 12.8 Å². The molecule has 5 aromatic rings. The number of hydrogen-bond acceptors (Lipinski definition) is 15. The van der Waals surface area contributed by atoms with E-state index in [1.807, 2.05) is 62.1 Å². The Labute approximate surface area is 466 Å². The minimum Gasteiger partial charge on any atom is -0.468 e. The summed E-state index contributed by atoms with van der Waals surface area (Å²) in [5.74, 6) is 0.313. The van der Waals surface area contributed by atoms with Crippen molar-refractivity contribution in [2.24, 2.45) is 16.7 Å². The number of piperazine rings is 1. The summed E-state index contributed by atoms with van der Waals surface area (Å²) in [6.45, 7) is 18.0. The predicted octanol–water partition coefficient (Wildman–Crippen LogP) is 7.57. The molecule has 6 saturated heterocycles. The number of amides is 4. The van der Waals surface area contributed by atoms with Crippen LogP contribution in [0.25, 0.3) is 32.9 Å². The van der Waals surface area contributed by atoms with Crippen molar-refractivity contribution in [1.82, 2.24) is 39.9 Å². The number of fused-ring (bicyclic) bond motifs is 5. The van der Waals surface area contributed by atoms with Crippen molar-refractivity contribution in [3.05, 3.63) is 77.2 Å². The number of aryl methyl sites for hydroxylation is 1. The van der Waals surface area contributed by atoms with E-state index in [-0.39, 0.29) is 71.7 Å². The molecule has 9 heterocycles. The number of benzene rings is 3. The van der Waals surface area contributed by atoms with Crippen molar-refractivity contribution >= 4 is 57.0 Å². The fourth-order valence-electron chi connectivity index (χ4n) is 14.1. The van der Waals surface area contributed by atoms with E-state index in [1.54, 1.807) is 18.2 Å². The average Bonchev–Trinajstić information content (AvgIpc) is 4.14. The van der Waals surface area contributed by atoms with Gasteiger partial charge in [-0.25, -0.2) is 9.18 Å². The number of likely N-dealkylation sites (tertiary alicyclic amines) is 2. The van der Waals surface area contributed by atoms with E-state index in [2.05, 4.69) is 44.0 Å². The molecular formula is C61H73FN10O8.